The first-order chi connectivity index (χ1) is 16.3. The lowest BCUT2D eigenvalue weighted by molar-refractivity contribution is 0.102. The number of piperazine rings is 1. The van der Waals surface area contributed by atoms with Gasteiger partial charge in [-0.2, -0.15) is 0 Å². The van der Waals surface area contributed by atoms with Crippen molar-refractivity contribution in [1.29, 1.82) is 0 Å². The van der Waals surface area contributed by atoms with Crippen molar-refractivity contribution in [2.24, 2.45) is 0 Å². The summed E-state index contributed by atoms with van der Waals surface area (Å²) in [4.78, 5) is 17.7. The number of nitrogens with zero attached hydrogens (tertiary/aromatic N) is 3. The van der Waals surface area contributed by atoms with Gasteiger partial charge in [0.05, 0.1) is 10.6 Å². The molecular weight excluding hydrogens is 448 g/mol. The maximum absolute atomic E-state index is 13.1. The third-order valence-electron chi connectivity index (χ3n) is 6.17. The average molecular weight is 479 g/mol. The lowest BCUT2D eigenvalue weighted by Gasteiger charge is -2.35. The van der Waals surface area contributed by atoms with Crippen molar-refractivity contribution in [1.82, 2.24) is 4.90 Å². The number of aryl methyl sites for hydroxylation is 1. The number of carbonyl (C=O) groups is 1. The lowest BCUT2D eigenvalue weighted by atomic mass is 10.1. The van der Waals surface area contributed by atoms with Crippen molar-refractivity contribution in [2.75, 3.05) is 54.8 Å². The van der Waals surface area contributed by atoms with E-state index in [1.54, 1.807) is 36.4 Å². The van der Waals surface area contributed by atoms with Gasteiger partial charge in [0, 0.05) is 50.2 Å². The number of para-hydroxylation sites is 1. The van der Waals surface area contributed by atoms with Gasteiger partial charge in [-0.25, -0.2) is 8.42 Å². The van der Waals surface area contributed by atoms with E-state index < -0.39 is 10.0 Å². The van der Waals surface area contributed by atoms with Crippen LogP contribution in [0.5, 0.6) is 0 Å². The van der Waals surface area contributed by atoms with Crippen LogP contribution in [0.2, 0.25) is 0 Å². The van der Waals surface area contributed by atoms with Crippen molar-refractivity contribution in [3.05, 3.63) is 83.9 Å². The molecule has 0 bridgehead atoms. The molecule has 0 unspecified atom stereocenters. The molecule has 7 nitrogen and oxygen atoms in total. The maximum atomic E-state index is 13.1. The fraction of sp³-hybridized carbons (Fsp3) is 0.269. The van der Waals surface area contributed by atoms with Crippen LogP contribution in [0.4, 0.5) is 17.1 Å². The number of nitrogens with one attached hydrogen (secondary N) is 1. The summed E-state index contributed by atoms with van der Waals surface area (Å²) in [5.41, 5.74) is 3.76. The van der Waals surface area contributed by atoms with Gasteiger partial charge in [0.1, 0.15) is 0 Å². The fourth-order valence-corrected chi connectivity index (χ4v) is 5.31. The van der Waals surface area contributed by atoms with E-state index in [0.717, 1.165) is 31.7 Å². The molecule has 0 spiro atoms. The molecule has 3 aromatic carbocycles. The SMILES string of the molecule is Cc1cc(NC(=O)c2cccc(S(=O)(=O)N(C)c3ccccc3)c2)ccc1N1CCN(C)CC1. The number of hydrogen-bond acceptors (Lipinski definition) is 5. The predicted molar refractivity (Wildman–Crippen MR) is 137 cm³/mol. The standard InChI is InChI=1S/C26H30N4O3S/c1-20-18-22(12-13-25(20)30-16-14-28(2)15-17-30)27-26(31)21-8-7-11-24(19-21)34(32,33)29(3)23-9-5-4-6-10-23/h4-13,18-19H,14-17H2,1-3H3,(H,27,31). The van der Waals surface area contributed by atoms with Gasteiger partial charge >= 0.3 is 0 Å². The quantitative estimate of drug-likeness (QED) is 0.583. The average Bonchev–Trinajstić information content (AvgIpc) is 2.85. The Kier molecular flexibility index (Phi) is 6.90. The van der Waals surface area contributed by atoms with Gasteiger partial charge in [-0.1, -0.05) is 24.3 Å². The number of benzene rings is 3. The fourth-order valence-electron chi connectivity index (χ4n) is 4.07. The van der Waals surface area contributed by atoms with E-state index in [9.17, 15) is 13.2 Å². The van der Waals surface area contributed by atoms with Gasteiger partial charge in [0.25, 0.3) is 15.9 Å². The highest BCUT2D eigenvalue weighted by atomic mass is 32.2. The molecule has 1 N–H and O–H groups in total. The highest BCUT2D eigenvalue weighted by molar-refractivity contribution is 7.92. The molecule has 1 aliphatic rings. The highest BCUT2D eigenvalue weighted by Crippen LogP contribution is 2.26. The maximum Gasteiger partial charge on any atom is 0.264 e. The van der Waals surface area contributed by atoms with Crippen LogP contribution < -0.4 is 14.5 Å². The second-order valence-corrected chi connectivity index (χ2v) is 10.6. The minimum Gasteiger partial charge on any atom is -0.369 e. The number of likely N-dealkylation sites (N-methyl/N-ethyl adjacent to an activating group) is 1. The molecule has 1 aliphatic heterocycles. The summed E-state index contributed by atoms with van der Waals surface area (Å²) in [6, 6.07) is 20.8. The highest BCUT2D eigenvalue weighted by Gasteiger charge is 2.22. The van der Waals surface area contributed by atoms with Gasteiger partial charge in [0.15, 0.2) is 0 Å². The van der Waals surface area contributed by atoms with E-state index in [1.165, 1.54) is 29.2 Å². The van der Waals surface area contributed by atoms with Gasteiger partial charge in [-0.05, 0) is 68.1 Å². The number of hydrogen-bond donors (Lipinski definition) is 1. The third-order valence-corrected chi connectivity index (χ3v) is 7.95. The molecule has 34 heavy (non-hydrogen) atoms. The Hall–Kier alpha value is -3.36. The largest absolute Gasteiger partial charge is 0.369 e. The van der Waals surface area contributed by atoms with E-state index in [1.807, 2.05) is 31.2 Å². The van der Waals surface area contributed by atoms with E-state index in [4.69, 9.17) is 0 Å². The Bertz CT molecular complexity index is 1270. The van der Waals surface area contributed by atoms with Crippen molar-refractivity contribution in [3.8, 4) is 0 Å². The predicted octanol–water partition coefficient (Wildman–Crippen LogP) is 3.82. The first kappa shape index (κ1) is 23.8. The second kappa shape index (κ2) is 9.87. The summed E-state index contributed by atoms with van der Waals surface area (Å²) in [5.74, 6) is -0.355. The molecule has 178 valence electrons. The normalized spacial score (nSPS) is 14.6. The zero-order chi connectivity index (χ0) is 24.3. The van der Waals surface area contributed by atoms with Crippen LogP contribution >= 0.6 is 0 Å². The van der Waals surface area contributed by atoms with Gasteiger partial charge in [-0.3, -0.25) is 9.10 Å². The van der Waals surface area contributed by atoms with Crippen molar-refractivity contribution in [3.63, 3.8) is 0 Å². The third kappa shape index (κ3) is 5.08. The minimum absolute atomic E-state index is 0.0631. The Balaban J connectivity index is 1.50. The monoisotopic (exact) mass is 478 g/mol. The van der Waals surface area contributed by atoms with Gasteiger partial charge < -0.3 is 15.1 Å². The molecule has 3 aromatic rings. The molecule has 1 saturated heterocycles. The number of rotatable bonds is 6. The van der Waals surface area contributed by atoms with Crippen LogP contribution in [0.25, 0.3) is 0 Å². The van der Waals surface area contributed by atoms with Crippen molar-refractivity contribution < 1.29 is 13.2 Å². The molecule has 8 heteroatoms. The Morgan fingerprint density at radius 3 is 2.29 bits per heavy atom. The molecule has 1 heterocycles. The molecule has 4 rings (SSSR count). The first-order valence-electron chi connectivity index (χ1n) is 11.3. The van der Waals surface area contributed by atoms with E-state index in [-0.39, 0.29) is 16.4 Å². The molecule has 0 aliphatic carbocycles. The Morgan fingerprint density at radius 2 is 1.62 bits per heavy atom. The summed E-state index contributed by atoms with van der Waals surface area (Å²) in [5, 5.41) is 2.90. The van der Waals surface area contributed by atoms with Crippen molar-refractivity contribution >= 4 is 33.0 Å². The Morgan fingerprint density at radius 1 is 0.912 bits per heavy atom. The minimum atomic E-state index is -3.81. The van der Waals surface area contributed by atoms with Crippen LogP contribution in [-0.2, 0) is 10.0 Å². The topological polar surface area (TPSA) is 73.0 Å². The van der Waals surface area contributed by atoms with E-state index in [0.29, 0.717) is 11.4 Å². The number of carbonyl (C=O) groups excluding carboxylic acids is 1. The zero-order valence-electron chi connectivity index (χ0n) is 19.7. The molecular formula is C26H30N4O3S. The van der Waals surface area contributed by atoms with Crippen LogP contribution in [0.1, 0.15) is 15.9 Å². The molecule has 0 atom stereocenters. The zero-order valence-corrected chi connectivity index (χ0v) is 20.5. The molecule has 0 saturated carbocycles. The summed E-state index contributed by atoms with van der Waals surface area (Å²) >= 11 is 0. The molecule has 0 radical (unpaired) electrons. The van der Waals surface area contributed by atoms with Crippen LogP contribution in [0.15, 0.2) is 77.7 Å². The van der Waals surface area contributed by atoms with Crippen LogP contribution in [-0.4, -0.2) is 59.5 Å². The Labute approximate surface area is 201 Å². The van der Waals surface area contributed by atoms with Gasteiger partial charge in [-0.15, -0.1) is 0 Å². The molecule has 0 aromatic heterocycles. The van der Waals surface area contributed by atoms with E-state index in [2.05, 4.69) is 22.2 Å². The number of anilines is 3. The van der Waals surface area contributed by atoms with E-state index >= 15 is 0 Å². The second-order valence-electron chi connectivity index (χ2n) is 8.58. The lowest BCUT2D eigenvalue weighted by Crippen LogP contribution is -2.44. The number of amides is 1. The summed E-state index contributed by atoms with van der Waals surface area (Å²) in [7, 11) is -0.175. The summed E-state index contributed by atoms with van der Waals surface area (Å²) < 4.78 is 27.4. The van der Waals surface area contributed by atoms with Crippen LogP contribution in [0, 0.1) is 6.92 Å². The van der Waals surface area contributed by atoms with Gasteiger partial charge in [0.2, 0.25) is 0 Å². The summed E-state index contributed by atoms with van der Waals surface area (Å²) in [6.07, 6.45) is 0. The van der Waals surface area contributed by atoms with Crippen LogP contribution in [0.3, 0.4) is 0 Å². The van der Waals surface area contributed by atoms with Crippen molar-refractivity contribution in [2.45, 2.75) is 11.8 Å². The molecule has 1 fully saturated rings. The smallest absolute Gasteiger partial charge is 0.264 e. The molecule has 1 amide bonds. The number of sulfonamides is 1. The first-order valence-corrected chi connectivity index (χ1v) is 12.7. The summed E-state index contributed by atoms with van der Waals surface area (Å²) in [6.45, 7) is 6.03.